The van der Waals surface area contributed by atoms with Gasteiger partial charge in [-0.1, -0.05) is 12.8 Å². The first kappa shape index (κ1) is 11.6. The van der Waals surface area contributed by atoms with Crippen LogP contribution in [0.3, 0.4) is 0 Å². The summed E-state index contributed by atoms with van der Waals surface area (Å²) < 4.78 is 7.78. The normalized spacial score (nSPS) is 25.9. The highest BCUT2D eigenvalue weighted by molar-refractivity contribution is 5.02. The number of ether oxygens (including phenoxy) is 1. The standard InChI is InChI=1S/C12H21N3O/c1-2-15-8-10(7-14-15)9-16-12-6-4-3-5-11(12)13/h7-8,11-12H,2-6,9,13H2,1H3. The Balaban J connectivity index is 1.81. The van der Waals surface area contributed by atoms with Gasteiger partial charge >= 0.3 is 0 Å². The average Bonchev–Trinajstić information content (AvgIpc) is 2.76. The first-order chi connectivity index (χ1) is 7.79. The Kier molecular flexibility index (Phi) is 3.96. The number of hydrogen-bond donors (Lipinski definition) is 1. The Morgan fingerprint density at radius 1 is 1.50 bits per heavy atom. The van der Waals surface area contributed by atoms with Crippen molar-refractivity contribution in [3.63, 3.8) is 0 Å². The van der Waals surface area contributed by atoms with Crippen molar-refractivity contribution in [1.82, 2.24) is 9.78 Å². The third kappa shape index (κ3) is 2.83. The van der Waals surface area contributed by atoms with Crippen LogP contribution in [0.4, 0.5) is 0 Å². The van der Waals surface area contributed by atoms with Crippen LogP contribution in [0.2, 0.25) is 0 Å². The van der Waals surface area contributed by atoms with Crippen molar-refractivity contribution in [2.75, 3.05) is 0 Å². The maximum Gasteiger partial charge on any atom is 0.0752 e. The Labute approximate surface area is 96.8 Å². The molecular formula is C12H21N3O. The predicted molar refractivity (Wildman–Crippen MR) is 62.9 cm³/mol. The minimum Gasteiger partial charge on any atom is -0.372 e. The molecule has 1 heterocycles. The van der Waals surface area contributed by atoms with Crippen molar-refractivity contribution < 1.29 is 4.74 Å². The quantitative estimate of drug-likeness (QED) is 0.845. The molecule has 0 spiro atoms. The topological polar surface area (TPSA) is 53.1 Å². The number of aromatic nitrogens is 2. The Morgan fingerprint density at radius 3 is 3.00 bits per heavy atom. The van der Waals surface area contributed by atoms with Crippen LogP contribution in [0.15, 0.2) is 12.4 Å². The second kappa shape index (κ2) is 5.46. The fourth-order valence-electron chi connectivity index (χ4n) is 2.19. The number of nitrogens with zero attached hydrogens (tertiary/aromatic N) is 2. The van der Waals surface area contributed by atoms with E-state index >= 15 is 0 Å². The van der Waals surface area contributed by atoms with Crippen LogP contribution in [0.25, 0.3) is 0 Å². The monoisotopic (exact) mass is 223 g/mol. The molecule has 2 N–H and O–H groups in total. The molecule has 1 saturated carbocycles. The van der Waals surface area contributed by atoms with Crippen LogP contribution in [0.5, 0.6) is 0 Å². The summed E-state index contributed by atoms with van der Waals surface area (Å²) in [7, 11) is 0. The van der Waals surface area contributed by atoms with Gasteiger partial charge in [0.05, 0.1) is 18.9 Å². The van der Waals surface area contributed by atoms with Gasteiger partial charge in [-0.15, -0.1) is 0 Å². The lowest BCUT2D eigenvalue weighted by Gasteiger charge is -2.28. The van der Waals surface area contributed by atoms with Crippen molar-refractivity contribution in [1.29, 1.82) is 0 Å². The van der Waals surface area contributed by atoms with Crippen molar-refractivity contribution in [2.45, 2.75) is 57.9 Å². The van der Waals surface area contributed by atoms with E-state index in [9.17, 15) is 0 Å². The molecule has 4 nitrogen and oxygen atoms in total. The van der Waals surface area contributed by atoms with Crippen LogP contribution in [-0.2, 0) is 17.9 Å². The highest BCUT2D eigenvalue weighted by atomic mass is 16.5. The van der Waals surface area contributed by atoms with Crippen molar-refractivity contribution >= 4 is 0 Å². The largest absolute Gasteiger partial charge is 0.372 e. The fraction of sp³-hybridized carbons (Fsp3) is 0.750. The molecule has 0 aliphatic heterocycles. The molecule has 0 amide bonds. The summed E-state index contributed by atoms with van der Waals surface area (Å²) in [6, 6.07) is 0.218. The van der Waals surface area contributed by atoms with Gasteiger partial charge in [-0.3, -0.25) is 4.68 Å². The summed E-state index contributed by atoms with van der Waals surface area (Å²) in [5, 5.41) is 4.22. The van der Waals surface area contributed by atoms with E-state index in [-0.39, 0.29) is 12.1 Å². The van der Waals surface area contributed by atoms with Gasteiger partial charge in [0, 0.05) is 24.3 Å². The van der Waals surface area contributed by atoms with Gasteiger partial charge in [-0.25, -0.2) is 0 Å². The van der Waals surface area contributed by atoms with Crippen LogP contribution in [-0.4, -0.2) is 21.9 Å². The van der Waals surface area contributed by atoms with Gasteiger partial charge in [0.25, 0.3) is 0 Å². The minimum atomic E-state index is 0.218. The highest BCUT2D eigenvalue weighted by Gasteiger charge is 2.22. The van der Waals surface area contributed by atoms with Crippen LogP contribution < -0.4 is 5.73 Å². The number of rotatable bonds is 4. The third-order valence-corrected chi connectivity index (χ3v) is 3.23. The van der Waals surface area contributed by atoms with Gasteiger partial charge in [-0.2, -0.15) is 5.10 Å². The molecule has 0 aromatic carbocycles. The van der Waals surface area contributed by atoms with E-state index in [0.29, 0.717) is 6.61 Å². The SMILES string of the molecule is CCn1cc(COC2CCCCC2N)cn1. The van der Waals surface area contributed by atoms with Gasteiger partial charge < -0.3 is 10.5 Å². The van der Waals surface area contributed by atoms with E-state index in [4.69, 9.17) is 10.5 Å². The predicted octanol–water partition coefficient (Wildman–Crippen LogP) is 1.69. The minimum absolute atomic E-state index is 0.218. The van der Waals surface area contributed by atoms with E-state index in [1.807, 2.05) is 17.1 Å². The van der Waals surface area contributed by atoms with Crippen molar-refractivity contribution in [3.8, 4) is 0 Å². The molecule has 1 aromatic rings. The zero-order valence-electron chi connectivity index (χ0n) is 9.93. The molecule has 0 radical (unpaired) electrons. The van der Waals surface area contributed by atoms with Gasteiger partial charge in [0.15, 0.2) is 0 Å². The van der Waals surface area contributed by atoms with Crippen LogP contribution in [0, 0.1) is 0 Å². The molecule has 0 bridgehead atoms. The molecule has 2 atom stereocenters. The van der Waals surface area contributed by atoms with Crippen molar-refractivity contribution in [3.05, 3.63) is 18.0 Å². The Hall–Kier alpha value is -0.870. The fourth-order valence-corrected chi connectivity index (χ4v) is 2.19. The third-order valence-electron chi connectivity index (χ3n) is 3.23. The first-order valence-electron chi connectivity index (χ1n) is 6.18. The smallest absolute Gasteiger partial charge is 0.0752 e. The number of nitrogens with two attached hydrogens (primary N) is 1. The molecular weight excluding hydrogens is 202 g/mol. The second-order valence-corrected chi connectivity index (χ2v) is 4.50. The van der Waals surface area contributed by atoms with E-state index in [1.165, 1.54) is 12.8 Å². The molecule has 2 unspecified atom stereocenters. The lowest BCUT2D eigenvalue weighted by Crippen LogP contribution is -2.39. The Bertz CT molecular complexity index is 324. The van der Waals surface area contributed by atoms with Crippen molar-refractivity contribution in [2.24, 2.45) is 5.73 Å². The molecule has 1 aliphatic carbocycles. The second-order valence-electron chi connectivity index (χ2n) is 4.50. The maximum atomic E-state index is 6.03. The average molecular weight is 223 g/mol. The molecule has 1 aromatic heterocycles. The summed E-state index contributed by atoms with van der Waals surface area (Å²) >= 11 is 0. The van der Waals surface area contributed by atoms with E-state index < -0.39 is 0 Å². The van der Waals surface area contributed by atoms with E-state index in [1.54, 1.807) is 0 Å². The van der Waals surface area contributed by atoms with Crippen LogP contribution in [0.1, 0.15) is 38.2 Å². The van der Waals surface area contributed by atoms with Gasteiger partial charge in [0.1, 0.15) is 0 Å². The molecule has 1 fully saturated rings. The highest BCUT2D eigenvalue weighted by Crippen LogP contribution is 2.20. The summed E-state index contributed by atoms with van der Waals surface area (Å²) in [6.07, 6.45) is 8.83. The Morgan fingerprint density at radius 2 is 2.31 bits per heavy atom. The molecule has 4 heteroatoms. The van der Waals surface area contributed by atoms with Gasteiger partial charge in [-0.05, 0) is 19.8 Å². The van der Waals surface area contributed by atoms with E-state index in [2.05, 4.69) is 12.0 Å². The zero-order valence-corrected chi connectivity index (χ0v) is 9.93. The van der Waals surface area contributed by atoms with Gasteiger partial charge in [0.2, 0.25) is 0 Å². The van der Waals surface area contributed by atoms with E-state index in [0.717, 1.165) is 24.9 Å². The molecule has 2 rings (SSSR count). The molecule has 16 heavy (non-hydrogen) atoms. The summed E-state index contributed by atoms with van der Waals surface area (Å²) in [6.45, 7) is 3.62. The molecule has 1 aliphatic rings. The zero-order chi connectivity index (χ0) is 11.4. The lowest BCUT2D eigenvalue weighted by molar-refractivity contribution is 0.00401. The first-order valence-corrected chi connectivity index (χ1v) is 6.18. The number of aryl methyl sites for hydroxylation is 1. The maximum absolute atomic E-state index is 6.03. The lowest BCUT2D eigenvalue weighted by atomic mass is 9.93. The summed E-state index contributed by atoms with van der Waals surface area (Å²) in [5.74, 6) is 0. The van der Waals surface area contributed by atoms with Crippen LogP contribution >= 0.6 is 0 Å². The number of hydrogen-bond acceptors (Lipinski definition) is 3. The summed E-state index contributed by atoms with van der Waals surface area (Å²) in [5.41, 5.74) is 7.17. The molecule has 90 valence electrons. The summed E-state index contributed by atoms with van der Waals surface area (Å²) in [4.78, 5) is 0. The molecule has 0 saturated heterocycles.